The van der Waals surface area contributed by atoms with Crippen LogP contribution >= 0.6 is 0 Å². The number of hydrogen-bond acceptors (Lipinski definition) is 5. The van der Waals surface area contributed by atoms with Gasteiger partial charge in [0.1, 0.15) is 18.2 Å². The highest BCUT2D eigenvalue weighted by Gasteiger charge is 2.30. The summed E-state index contributed by atoms with van der Waals surface area (Å²) in [5.74, 6) is -0.360. The molecule has 0 radical (unpaired) electrons. The summed E-state index contributed by atoms with van der Waals surface area (Å²) in [5.41, 5.74) is -0.313. The Labute approximate surface area is 159 Å². The molecule has 1 saturated heterocycles. The van der Waals surface area contributed by atoms with Crippen LogP contribution in [0.25, 0.3) is 0 Å². The fraction of sp³-hybridized carbons (Fsp3) is 0.579. The predicted molar refractivity (Wildman–Crippen MR) is 99.1 cm³/mol. The lowest BCUT2D eigenvalue weighted by molar-refractivity contribution is 0.0557. The van der Waals surface area contributed by atoms with Crippen molar-refractivity contribution in [1.29, 1.82) is 0 Å². The van der Waals surface area contributed by atoms with Crippen LogP contribution in [-0.2, 0) is 11.3 Å². The van der Waals surface area contributed by atoms with E-state index in [1.165, 1.54) is 18.2 Å². The Bertz CT molecular complexity index is 680. The molecule has 0 spiro atoms. The van der Waals surface area contributed by atoms with Crippen molar-refractivity contribution >= 4 is 12.2 Å². The number of amides is 2. The zero-order valence-corrected chi connectivity index (χ0v) is 16.5. The Balaban J connectivity index is 1.99. The van der Waals surface area contributed by atoms with Crippen molar-refractivity contribution < 1.29 is 23.5 Å². The van der Waals surface area contributed by atoms with E-state index in [2.05, 4.69) is 10.6 Å². The minimum Gasteiger partial charge on any atom is -0.444 e. The summed E-state index contributed by atoms with van der Waals surface area (Å²) in [4.78, 5) is 25.9. The summed E-state index contributed by atoms with van der Waals surface area (Å²) in [6.07, 6.45) is -1.13. The number of carbonyl (C=O) groups is 2. The predicted octanol–water partition coefficient (Wildman–Crippen LogP) is 3.03. The summed E-state index contributed by atoms with van der Waals surface area (Å²) in [5, 5.41) is 5.88. The van der Waals surface area contributed by atoms with Crippen molar-refractivity contribution in [3.63, 3.8) is 0 Å². The lowest BCUT2D eigenvalue weighted by Gasteiger charge is -2.38. The summed E-state index contributed by atoms with van der Waals surface area (Å²) in [6, 6.07) is 3.86. The van der Waals surface area contributed by atoms with Crippen LogP contribution < -0.4 is 15.4 Å². The van der Waals surface area contributed by atoms with Crippen molar-refractivity contribution in [3.05, 3.63) is 29.6 Å². The van der Waals surface area contributed by atoms with Gasteiger partial charge in [-0.1, -0.05) is 0 Å². The first-order chi connectivity index (χ1) is 12.6. The van der Waals surface area contributed by atoms with Crippen molar-refractivity contribution in [2.45, 2.75) is 58.8 Å². The standard InChI is InChI=1S/C19H28FN3O4/c1-12-9-21-10-13(2)23(12)18(25)26-11-14-8-15(6-7-16(14)20)27-17(24)22-19(3,4)5/h6-8,12-13,21H,9-11H2,1-5H3,(H,22,24)/t12-,13+. The van der Waals surface area contributed by atoms with Gasteiger partial charge in [-0.15, -0.1) is 0 Å². The second-order valence-electron chi connectivity index (χ2n) is 7.84. The topological polar surface area (TPSA) is 79.9 Å². The quantitative estimate of drug-likeness (QED) is 0.841. The second kappa shape index (κ2) is 8.56. The van der Waals surface area contributed by atoms with E-state index >= 15 is 0 Å². The third-order valence-electron chi connectivity index (χ3n) is 4.10. The lowest BCUT2D eigenvalue weighted by atomic mass is 10.1. The summed E-state index contributed by atoms with van der Waals surface area (Å²) < 4.78 is 24.5. The van der Waals surface area contributed by atoms with Crippen molar-refractivity contribution in [1.82, 2.24) is 15.5 Å². The fourth-order valence-corrected chi connectivity index (χ4v) is 2.87. The Kier molecular flexibility index (Phi) is 6.64. The van der Waals surface area contributed by atoms with Crippen LogP contribution in [0.15, 0.2) is 18.2 Å². The van der Waals surface area contributed by atoms with E-state index in [1.807, 2.05) is 34.6 Å². The van der Waals surface area contributed by atoms with Crippen LogP contribution in [0.4, 0.5) is 14.0 Å². The van der Waals surface area contributed by atoms with Gasteiger partial charge in [-0.25, -0.2) is 14.0 Å². The first-order valence-corrected chi connectivity index (χ1v) is 9.01. The Hall–Kier alpha value is -2.35. The number of carbonyl (C=O) groups excluding carboxylic acids is 2. The average molecular weight is 381 g/mol. The van der Waals surface area contributed by atoms with E-state index in [-0.39, 0.29) is 30.0 Å². The molecule has 1 aliphatic heterocycles. The molecule has 8 heteroatoms. The van der Waals surface area contributed by atoms with Crippen molar-refractivity contribution in [3.8, 4) is 5.75 Å². The number of hydrogen-bond donors (Lipinski definition) is 2. The molecule has 2 rings (SSSR count). The molecule has 150 valence electrons. The molecule has 0 aliphatic carbocycles. The highest BCUT2D eigenvalue weighted by molar-refractivity contribution is 5.71. The van der Waals surface area contributed by atoms with Gasteiger partial charge >= 0.3 is 12.2 Å². The molecule has 2 amide bonds. The normalized spacial score (nSPS) is 20.1. The third kappa shape index (κ3) is 6.09. The number of ether oxygens (including phenoxy) is 2. The van der Waals surface area contributed by atoms with Crippen LogP contribution in [0.2, 0.25) is 0 Å². The first-order valence-electron chi connectivity index (χ1n) is 9.01. The van der Waals surface area contributed by atoms with E-state index in [0.29, 0.717) is 13.1 Å². The van der Waals surface area contributed by atoms with Gasteiger partial charge < -0.3 is 25.0 Å². The van der Waals surface area contributed by atoms with Crippen molar-refractivity contribution in [2.24, 2.45) is 0 Å². The number of benzene rings is 1. The zero-order chi connectivity index (χ0) is 20.2. The van der Waals surface area contributed by atoms with Gasteiger partial charge in [0.05, 0.1) is 0 Å². The van der Waals surface area contributed by atoms with E-state index in [4.69, 9.17) is 9.47 Å². The Morgan fingerprint density at radius 1 is 1.26 bits per heavy atom. The van der Waals surface area contributed by atoms with Crippen LogP contribution in [0.5, 0.6) is 5.75 Å². The first kappa shape index (κ1) is 21.0. The maximum absolute atomic E-state index is 14.1. The molecule has 2 N–H and O–H groups in total. The van der Waals surface area contributed by atoms with Gasteiger partial charge in [-0.05, 0) is 52.8 Å². The third-order valence-corrected chi connectivity index (χ3v) is 4.10. The second-order valence-corrected chi connectivity index (χ2v) is 7.84. The zero-order valence-electron chi connectivity index (χ0n) is 16.5. The molecular weight excluding hydrogens is 353 g/mol. The molecule has 7 nitrogen and oxygen atoms in total. The number of nitrogens with one attached hydrogen (secondary N) is 2. The molecule has 1 heterocycles. The molecule has 0 unspecified atom stereocenters. The summed E-state index contributed by atoms with van der Waals surface area (Å²) in [7, 11) is 0. The van der Waals surface area contributed by atoms with Gasteiger partial charge in [0, 0.05) is 36.3 Å². The SMILES string of the molecule is C[C@@H]1CNC[C@H](C)N1C(=O)OCc1cc(OC(=O)NC(C)(C)C)ccc1F. The Morgan fingerprint density at radius 2 is 1.89 bits per heavy atom. The Morgan fingerprint density at radius 3 is 2.48 bits per heavy atom. The monoisotopic (exact) mass is 381 g/mol. The van der Waals surface area contributed by atoms with Crippen LogP contribution in [0, 0.1) is 5.82 Å². The fourth-order valence-electron chi connectivity index (χ4n) is 2.87. The molecule has 27 heavy (non-hydrogen) atoms. The average Bonchev–Trinajstić information content (AvgIpc) is 2.53. The van der Waals surface area contributed by atoms with E-state index in [9.17, 15) is 14.0 Å². The number of nitrogens with zero attached hydrogens (tertiary/aromatic N) is 1. The molecule has 2 atom stereocenters. The highest BCUT2D eigenvalue weighted by Crippen LogP contribution is 2.19. The molecule has 0 bridgehead atoms. The van der Waals surface area contributed by atoms with E-state index in [1.54, 1.807) is 4.90 Å². The van der Waals surface area contributed by atoms with Crippen molar-refractivity contribution in [2.75, 3.05) is 13.1 Å². The number of rotatable bonds is 3. The van der Waals surface area contributed by atoms with Gasteiger partial charge in [0.15, 0.2) is 0 Å². The summed E-state index contributed by atoms with van der Waals surface area (Å²) in [6.45, 7) is 10.4. The van der Waals surface area contributed by atoms with Crippen LogP contribution in [-0.4, -0.2) is 47.8 Å². The van der Waals surface area contributed by atoms with Crippen LogP contribution in [0.1, 0.15) is 40.2 Å². The molecule has 0 saturated carbocycles. The summed E-state index contributed by atoms with van der Waals surface area (Å²) >= 11 is 0. The van der Waals surface area contributed by atoms with E-state index < -0.39 is 23.5 Å². The minimum atomic E-state index is -0.638. The molecule has 1 aromatic rings. The number of piperazine rings is 1. The number of halogens is 1. The van der Waals surface area contributed by atoms with Gasteiger partial charge in [-0.2, -0.15) is 0 Å². The van der Waals surface area contributed by atoms with Crippen LogP contribution in [0.3, 0.4) is 0 Å². The van der Waals surface area contributed by atoms with Gasteiger partial charge in [-0.3, -0.25) is 0 Å². The molecule has 1 fully saturated rings. The largest absolute Gasteiger partial charge is 0.444 e. The molecular formula is C19H28FN3O4. The van der Waals surface area contributed by atoms with Gasteiger partial charge in [0.25, 0.3) is 0 Å². The highest BCUT2D eigenvalue weighted by atomic mass is 19.1. The maximum Gasteiger partial charge on any atom is 0.413 e. The maximum atomic E-state index is 14.1. The van der Waals surface area contributed by atoms with E-state index in [0.717, 1.165) is 0 Å². The molecule has 1 aromatic carbocycles. The molecule has 1 aliphatic rings. The van der Waals surface area contributed by atoms with Gasteiger partial charge in [0.2, 0.25) is 0 Å². The molecule has 0 aromatic heterocycles. The minimum absolute atomic E-state index is 0.0122. The smallest absolute Gasteiger partial charge is 0.413 e. The lowest BCUT2D eigenvalue weighted by Crippen LogP contribution is -2.57.